The van der Waals surface area contributed by atoms with Crippen molar-refractivity contribution in [3.8, 4) is 18.0 Å². The molecule has 0 fully saturated rings. The van der Waals surface area contributed by atoms with Gasteiger partial charge in [0.15, 0.2) is 5.71 Å². The van der Waals surface area contributed by atoms with E-state index in [1.54, 1.807) is 25.1 Å². The van der Waals surface area contributed by atoms with E-state index in [1.165, 1.54) is 42.1 Å². The Labute approximate surface area is 189 Å². The number of aromatic nitrogens is 2. The fourth-order valence-electron chi connectivity index (χ4n) is 3.27. The normalized spacial score (nSPS) is 12.8. The first-order valence-corrected chi connectivity index (χ1v) is 9.82. The second kappa shape index (κ2) is 9.70. The fourth-order valence-corrected chi connectivity index (χ4v) is 3.27. The molecule has 1 amide bonds. The molecule has 0 aliphatic carbocycles. The highest BCUT2D eigenvalue weighted by atomic mass is 19.1. The van der Waals surface area contributed by atoms with Gasteiger partial charge in [0.25, 0.3) is 11.5 Å². The van der Waals surface area contributed by atoms with Crippen LogP contribution < -0.4 is 16.6 Å². The molecule has 0 spiro atoms. The highest BCUT2D eigenvalue weighted by Gasteiger charge is 2.23. The molecule has 1 unspecified atom stereocenters. The van der Waals surface area contributed by atoms with Crippen molar-refractivity contribution in [1.82, 2.24) is 14.9 Å². The molecule has 33 heavy (non-hydrogen) atoms. The maximum absolute atomic E-state index is 13.5. The monoisotopic (exact) mass is 444 g/mol. The van der Waals surface area contributed by atoms with Crippen molar-refractivity contribution in [2.45, 2.75) is 13.0 Å². The van der Waals surface area contributed by atoms with Gasteiger partial charge in [-0.3, -0.25) is 19.1 Å². The Balaban J connectivity index is 2.22. The zero-order chi connectivity index (χ0) is 24.1. The third-order valence-electron chi connectivity index (χ3n) is 4.82. The quantitative estimate of drug-likeness (QED) is 0.345. The molecule has 3 N–H and O–H groups in total. The number of amides is 1. The largest absolute Gasteiger partial charge is 0.382 e. The Hall–Kier alpha value is -4.58. The number of aliphatic imine (C=N–C) groups is 2. The molecule has 0 bridgehead atoms. The van der Waals surface area contributed by atoms with E-state index in [-0.39, 0.29) is 22.8 Å². The average Bonchev–Trinajstić information content (AvgIpc) is 2.82. The number of carbonyl (C=O) groups is 1. The summed E-state index contributed by atoms with van der Waals surface area (Å²) in [5, 5.41) is 2.96. The number of rotatable bonds is 6. The number of nitrogens with two attached hydrogens (primary N) is 1. The number of benzene rings is 2. The Kier molecular flexibility index (Phi) is 6.79. The summed E-state index contributed by atoms with van der Waals surface area (Å²) in [5.74, 6) is 1.51. The molecule has 2 aromatic carbocycles. The number of nitrogens with one attached hydrogen (secondary N) is 1. The summed E-state index contributed by atoms with van der Waals surface area (Å²) >= 11 is 0. The number of amidine groups is 1. The summed E-state index contributed by atoms with van der Waals surface area (Å²) in [7, 11) is 1.42. The number of nitrogens with zero attached hydrogens (tertiary/aromatic N) is 4. The van der Waals surface area contributed by atoms with Crippen LogP contribution in [-0.4, -0.2) is 34.1 Å². The van der Waals surface area contributed by atoms with Gasteiger partial charge in [0.1, 0.15) is 17.5 Å². The maximum Gasteiger partial charge on any atom is 0.274 e. The Bertz CT molecular complexity index is 1400. The summed E-state index contributed by atoms with van der Waals surface area (Å²) < 4.78 is 14.8. The molecule has 0 radical (unpaired) electrons. The number of hydrogen-bond acceptors (Lipinski definition) is 5. The van der Waals surface area contributed by atoms with Gasteiger partial charge >= 0.3 is 0 Å². The fraction of sp³-hybridized carbons (Fsp3) is 0.125. The van der Waals surface area contributed by atoms with Crippen LogP contribution in [-0.2, 0) is 4.79 Å². The van der Waals surface area contributed by atoms with Crippen LogP contribution in [0.1, 0.15) is 24.4 Å². The lowest BCUT2D eigenvalue weighted by atomic mass is 10.1. The van der Waals surface area contributed by atoms with Crippen molar-refractivity contribution in [1.29, 1.82) is 0 Å². The van der Waals surface area contributed by atoms with Crippen LogP contribution in [0.4, 0.5) is 4.39 Å². The van der Waals surface area contributed by atoms with Crippen molar-refractivity contribution in [3.05, 3.63) is 82.8 Å². The summed E-state index contributed by atoms with van der Waals surface area (Å²) in [6, 6.07) is 9.51. The SMILES string of the molecule is C#Cc1cccc2nc(C(C)NC(=O)C(=NC=C)C(N)=NC)n(-c3ccc(F)cc3)c(=O)c12. The second-order valence-corrected chi connectivity index (χ2v) is 6.90. The lowest BCUT2D eigenvalue weighted by Gasteiger charge is -2.20. The molecule has 0 saturated heterocycles. The minimum Gasteiger partial charge on any atom is -0.382 e. The van der Waals surface area contributed by atoms with E-state index in [0.717, 1.165) is 0 Å². The molecule has 1 aromatic heterocycles. The van der Waals surface area contributed by atoms with Crippen molar-refractivity contribution >= 4 is 28.4 Å². The Morgan fingerprint density at radius 1 is 1.33 bits per heavy atom. The van der Waals surface area contributed by atoms with E-state index in [4.69, 9.17) is 12.2 Å². The summed E-state index contributed by atoms with van der Waals surface area (Å²) in [6.45, 7) is 5.12. The molecular formula is C24H21FN6O2. The van der Waals surface area contributed by atoms with Gasteiger partial charge in [0.05, 0.1) is 22.6 Å². The van der Waals surface area contributed by atoms with Gasteiger partial charge in [0.2, 0.25) is 0 Å². The molecule has 1 heterocycles. The van der Waals surface area contributed by atoms with Gasteiger partial charge in [-0.2, -0.15) is 0 Å². The van der Waals surface area contributed by atoms with Crippen LogP contribution in [0.2, 0.25) is 0 Å². The first-order chi connectivity index (χ1) is 15.8. The lowest BCUT2D eigenvalue weighted by Crippen LogP contribution is -2.42. The predicted octanol–water partition coefficient (Wildman–Crippen LogP) is 2.25. The number of halogens is 1. The Morgan fingerprint density at radius 3 is 2.64 bits per heavy atom. The standard InChI is InChI=1S/C24H21FN6O2/c1-5-15-8-7-9-18-19(15)24(33)31(17-12-10-16(25)11-13-17)22(30-18)14(3)29-23(32)20(28-6-2)21(26)27-4/h1,6-14H,2H2,3-4H3,(H2,26,27)(H,29,32). The lowest BCUT2D eigenvalue weighted by molar-refractivity contribution is -0.115. The highest BCUT2D eigenvalue weighted by molar-refractivity contribution is 6.66. The van der Waals surface area contributed by atoms with Crippen molar-refractivity contribution in [3.63, 3.8) is 0 Å². The minimum atomic E-state index is -0.784. The Morgan fingerprint density at radius 2 is 2.03 bits per heavy atom. The van der Waals surface area contributed by atoms with Gasteiger partial charge in [-0.05, 0) is 43.3 Å². The van der Waals surface area contributed by atoms with Gasteiger partial charge in [-0.25, -0.2) is 14.4 Å². The van der Waals surface area contributed by atoms with Gasteiger partial charge in [0, 0.05) is 18.8 Å². The number of fused-ring (bicyclic) bond motifs is 1. The maximum atomic E-state index is 13.5. The van der Waals surface area contributed by atoms with E-state index < -0.39 is 23.3 Å². The molecule has 1 atom stereocenters. The molecule has 0 aliphatic heterocycles. The highest BCUT2D eigenvalue weighted by Crippen LogP contribution is 2.20. The van der Waals surface area contributed by atoms with Crippen molar-refractivity contribution in [2.24, 2.45) is 15.7 Å². The third kappa shape index (κ3) is 4.55. The van der Waals surface area contributed by atoms with Gasteiger partial charge in [-0.1, -0.05) is 18.6 Å². The van der Waals surface area contributed by atoms with Crippen LogP contribution in [0, 0.1) is 18.2 Å². The smallest absolute Gasteiger partial charge is 0.274 e. The van der Waals surface area contributed by atoms with E-state index in [9.17, 15) is 14.0 Å². The zero-order valence-corrected chi connectivity index (χ0v) is 18.0. The molecule has 0 saturated carbocycles. The topological polar surface area (TPSA) is 115 Å². The van der Waals surface area contributed by atoms with Crippen LogP contribution in [0.25, 0.3) is 16.6 Å². The molecule has 3 aromatic rings. The van der Waals surface area contributed by atoms with E-state index in [1.807, 2.05) is 0 Å². The zero-order valence-electron chi connectivity index (χ0n) is 18.0. The summed E-state index contributed by atoms with van der Waals surface area (Å²) in [6.07, 6.45) is 6.75. The van der Waals surface area contributed by atoms with Crippen LogP contribution in [0.3, 0.4) is 0 Å². The third-order valence-corrected chi connectivity index (χ3v) is 4.82. The summed E-state index contributed by atoms with van der Waals surface area (Å²) in [5.41, 5.74) is 6.27. The summed E-state index contributed by atoms with van der Waals surface area (Å²) in [4.78, 5) is 38.6. The number of hydrogen-bond donors (Lipinski definition) is 2. The minimum absolute atomic E-state index is 0.0827. The number of terminal acetylenes is 1. The second-order valence-electron chi connectivity index (χ2n) is 6.90. The molecule has 8 nitrogen and oxygen atoms in total. The van der Waals surface area contributed by atoms with E-state index in [0.29, 0.717) is 16.8 Å². The van der Waals surface area contributed by atoms with Crippen LogP contribution >= 0.6 is 0 Å². The van der Waals surface area contributed by atoms with E-state index >= 15 is 0 Å². The molecule has 0 aliphatic rings. The van der Waals surface area contributed by atoms with E-state index in [2.05, 4.69) is 32.8 Å². The number of carbonyl (C=O) groups excluding carboxylic acids is 1. The molecule has 3 rings (SSSR count). The van der Waals surface area contributed by atoms with Gasteiger partial charge in [-0.15, -0.1) is 6.42 Å². The van der Waals surface area contributed by atoms with Crippen LogP contribution in [0.5, 0.6) is 0 Å². The molecule has 9 heteroatoms. The van der Waals surface area contributed by atoms with Gasteiger partial charge < -0.3 is 11.1 Å². The first-order valence-electron chi connectivity index (χ1n) is 9.82. The first kappa shape index (κ1) is 23.1. The van der Waals surface area contributed by atoms with Crippen molar-refractivity contribution in [2.75, 3.05) is 7.05 Å². The molecule has 166 valence electrons. The van der Waals surface area contributed by atoms with Crippen LogP contribution in [0.15, 0.2) is 70.0 Å². The average molecular weight is 444 g/mol. The predicted molar refractivity (Wildman–Crippen MR) is 127 cm³/mol. The van der Waals surface area contributed by atoms with Crippen molar-refractivity contribution < 1.29 is 9.18 Å². The molecular weight excluding hydrogens is 423 g/mol.